The van der Waals surface area contributed by atoms with E-state index < -0.39 is 0 Å². The van der Waals surface area contributed by atoms with E-state index in [4.69, 9.17) is 16.0 Å². The van der Waals surface area contributed by atoms with Crippen LogP contribution in [0.4, 0.5) is 0 Å². The molecule has 3 nitrogen and oxygen atoms in total. The molecule has 0 bridgehead atoms. The molecule has 2 aromatic rings. The van der Waals surface area contributed by atoms with Crippen LogP contribution in [-0.4, -0.2) is 5.71 Å². The number of nitrogens with zero attached hydrogens (tertiary/aromatic N) is 1. The van der Waals surface area contributed by atoms with Gasteiger partial charge < -0.3 is 9.84 Å². The lowest BCUT2D eigenvalue weighted by molar-refractivity contribution is 0.555. The molecule has 1 N–H and O–H groups in total. The van der Waals surface area contributed by atoms with Crippen LogP contribution in [-0.2, 0) is 6.54 Å². The second-order valence-electron chi connectivity index (χ2n) is 3.64. The van der Waals surface area contributed by atoms with Gasteiger partial charge in [-0.3, -0.25) is 0 Å². The van der Waals surface area contributed by atoms with E-state index in [1.165, 1.54) is 0 Å². The van der Waals surface area contributed by atoms with Crippen LogP contribution in [0.15, 0.2) is 52.2 Å². The van der Waals surface area contributed by atoms with E-state index >= 15 is 0 Å². The average molecular weight is 249 g/mol. The normalized spacial score (nSPS) is 11.5. The van der Waals surface area contributed by atoms with Crippen molar-refractivity contribution in [1.82, 2.24) is 5.43 Å². The molecule has 0 atom stereocenters. The quantitative estimate of drug-likeness (QED) is 0.665. The number of hydrogen-bond donors (Lipinski definition) is 1. The Morgan fingerprint density at radius 1 is 1.29 bits per heavy atom. The Morgan fingerprint density at radius 2 is 2.06 bits per heavy atom. The highest BCUT2D eigenvalue weighted by molar-refractivity contribution is 6.30. The lowest BCUT2D eigenvalue weighted by Gasteiger charge is -2.02. The monoisotopic (exact) mass is 248 g/mol. The third kappa shape index (κ3) is 3.36. The molecule has 1 heterocycles. The number of rotatable bonds is 4. The molecule has 0 spiro atoms. The maximum Gasteiger partial charge on any atom is 0.149 e. The number of halogens is 1. The summed E-state index contributed by atoms with van der Waals surface area (Å²) in [5.74, 6) is 0.772. The summed E-state index contributed by atoms with van der Waals surface area (Å²) < 4.78 is 5.23. The Labute approximate surface area is 105 Å². The molecule has 0 saturated carbocycles. The molecule has 2 rings (SSSR count). The van der Waals surface area contributed by atoms with Crippen LogP contribution in [0.5, 0.6) is 0 Å². The number of hydrogen-bond acceptors (Lipinski definition) is 3. The van der Waals surface area contributed by atoms with E-state index in [2.05, 4.69) is 10.5 Å². The molecule has 0 saturated heterocycles. The summed E-state index contributed by atoms with van der Waals surface area (Å²) in [5, 5.41) is 4.96. The number of nitrogens with one attached hydrogen (secondary N) is 1. The fourth-order valence-corrected chi connectivity index (χ4v) is 1.52. The van der Waals surface area contributed by atoms with Crippen molar-refractivity contribution in [3.63, 3.8) is 0 Å². The predicted octanol–water partition coefficient (Wildman–Crippen LogP) is 3.45. The summed E-state index contributed by atoms with van der Waals surface area (Å²) in [7, 11) is 0. The van der Waals surface area contributed by atoms with Crippen molar-refractivity contribution >= 4 is 17.3 Å². The van der Waals surface area contributed by atoms with Gasteiger partial charge >= 0.3 is 0 Å². The van der Waals surface area contributed by atoms with E-state index in [1.54, 1.807) is 6.26 Å². The molecule has 0 aliphatic rings. The molecule has 17 heavy (non-hydrogen) atoms. The summed E-state index contributed by atoms with van der Waals surface area (Å²) in [6, 6.07) is 11.4. The van der Waals surface area contributed by atoms with Crippen LogP contribution in [0, 0.1) is 0 Å². The van der Waals surface area contributed by atoms with Gasteiger partial charge in [-0.1, -0.05) is 23.7 Å². The van der Waals surface area contributed by atoms with Gasteiger partial charge in [-0.2, -0.15) is 5.10 Å². The highest BCUT2D eigenvalue weighted by Gasteiger charge is 1.99. The smallest absolute Gasteiger partial charge is 0.149 e. The van der Waals surface area contributed by atoms with Crippen molar-refractivity contribution in [2.45, 2.75) is 13.5 Å². The third-order valence-corrected chi connectivity index (χ3v) is 2.57. The maximum absolute atomic E-state index is 5.80. The second-order valence-corrected chi connectivity index (χ2v) is 4.07. The molecule has 0 aliphatic carbocycles. The summed E-state index contributed by atoms with van der Waals surface area (Å²) >= 11 is 5.80. The minimum atomic E-state index is 0.662. The summed E-state index contributed by atoms with van der Waals surface area (Å²) in [5.41, 5.74) is 4.95. The number of hydrazone groups is 1. The first-order valence-corrected chi connectivity index (χ1v) is 5.69. The fraction of sp³-hybridized carbons (Fsp3) is 0.154. The van der Waals surface area contributed by atoms with E-state index in [0.29, 0.717) is 6.54 Å². The van der Waals surface area contributed by atoms with Gasteiger partial charge in [0.2, 0.25) is 0 Å². The SMILES string of the molecule is C/C(=N/NCc1ccc(Cl)cc1)c1ccco1. The summed E-state index contributed by atoms with van der Waals surface area (Å²) in [6.45, 7) is 2.56. The zero-order chi connectivity index (χ0) is 12.1. The molecular formula is C13H13ClN2O. The molecule has 0 aliphatic heterocycles. The summed E-state index contributed by atoms with van der Waals surface area (Å²) in [6.07, 6.45) is 1.63. The zero-order valence-corrected chi connectivity index (χ0v) is 10.2. The third-order valence-electron chi connectivity index (χ3n) is 2.32. The molecule has 1 aromatic heterocycles. The van der Waals surface area contributed by atoms with Crippen LogP contribution in [0.1, 0.15) is 18.2 Å². The van der Waals surface area contributed by atoms with Crippen molar-refractivity contribution in [1.29, 1.82) is 0 Å². The van der Waals surface area contributed by atoms with E-state index in [9.17, 15) is 0 Å². The average Bonchev–Trinajstić information content (AvgIpc) is 2.85. The van der Waals surface area contributed by atoms with Crippen molar-refractivity contribution in [3.8, 4) is 0 Å². The van der Waals surface area contributed by atoms with E-state index in [1.807, 2.05) is 43.3 Å². The fourth-order valence-electron chi connectivity index (χ4n) is 1.39. The van der Waals surface area contributed by atoms with Crippen molar-refractivity contribution in [2.24, 2.45) is 5.10 Å². The first kappa shape index (κ1) is 11.7. The first-order chi connectivity index (χ1) is 8.25. The molecular weight excluding hydrogens is 236 g/mol. The second kappa shape index (κ2) is 5.55. The molecule has 4 heteroatoms. The number of benzene rings is 1. The van der Waals surface area contributed by atoms with Crippen LogP contribution < -0.4 is 5.43 Å². The Bertz CT molecular complexity index is 489. The molecule has 88 valence electrons. The minimum Gasteiger partial charge on any atom is -0.463 e. The maximum atomic E-state index is 5.80. The van der Waals surface area contributed by atoms with Crippen LogP contribution in [0.3, 0.4) is 0 Å². The zero-order valence-electron chi connectivity index (χ0n) is 9.48. The van der Waals surface area contributed by atoms with Crippen LogP contribution >= 0.6 is 11.6 Å². The molecule has 1 aromatic carbocycles. The first-order valence-electron chi connectivity index (χ1n) is 5.31. The van der Waals surface area contributed by atoms with Crippen molar-refractivity contribution < 1.29 is 4.42 Å². The van der Waals surface area contributed by atoms with Crippen molar-refractivity contribution in [3.05, 3.63) is 59.0 Å². The molecule has 0 unspecified atom stereocenters. The highest BCUT2D eigenvalue weighted by atomic mass is 35.5. The standard InChI is InChI=1S/C13H13ClN2O/c1-10(13-3-2-8-17-13)16-15-9-11-4-6-12(14)7-5-11/h2-8,15H,9H2,1H3/b16-10-. The molecule has 0 radical (unpaired) electrons. The topological polar surface area (TPSA) is 37.5 Å². The Kier molecular flexibility index (Phi) is 3.83. The van der Waals surface area contributed by atoms with E-state index in [0.717, 1.165) is 22.1 Å². The van der Waals surface area contributed by atoms with Gasteiger partial charge in [0.05, 0.1) is 18.5 Å². The lowest BCUT2D eigenvalue weighted by atomic mass is 10.2. The lowest BCUT2D eigenvalue weighted by Crippen LogP contribution is -2.08. The van der Waals surface area contributed by atoms with E-state index in [-0.39, 0.29) is 0 Å². The Balaban J connectivity index is 1.91. The summed E-state index contributed by atoms with van der Waals surface area (Å²) in [4.78, 5) is 0. The van der Waals surface area contributed by atoms with Crippen LogP contribution in [0.25, 0.3) is 0 Å². The highest BCUT2D eigenvalue weighted by Crippen LogP contribution is 2.09. The molecule has 0 amide bonds. The largest absolute Gasteiger partial charge is 0.463 e. The van der Waals surface area contributed by atoms with Gasteiger partial charge in [-0.25, -0.2) is 0 Å². The van der Waals surface area contributed by atoms with Crippen molar-refractivity contribution in [2.75, 3.05) is 0 Å². The van der Waals surface area contributed by atoms with Gasteiger partial charge in [0.1, 0.15) is 5.76 Å². The Morgan fingerprint density at radius 3 is 2.71 bits per heavy atom. The van der Waals surface area contributed by atoms with Crippen LogP contribution in [0.2, 0.25) is 5.02 Å². The molecule has 0 fully saturated rings. The Hall–Kier alpha value is -1.74. The van der Waals surface area contributed by atoms with Gasteiger partial charge in [0.15, 0.2) is 0 Å². The number of furan rings is 1. The van der Waals surface area contributed by atoms with Gasteiger partial charge in [0, 0.05) is 5.02 Å². The predicted molar refractivity (Wildman–Crippen MR) is 69.2 cm³/mol. The van der Waals surface area contributed by atoms with Gasteiger partial charge in [0.25, 0.3) is 0 Å². The van der Waals surface area contributed by atoms with Gasteiger partial charge in [-0.15, -0.1) is 0 Å². The van der Waals surface area contributed by atoms with Gasteiger partial charge in [-0.05, 0) is 36.8 Å². The minimum absolute atomic E-state index is 0.662.